The van der Waals surface area contributed by atoms with Gasteiger partial charge in [0.05, 0.1) is 0 Å². The van der Waals surface area contributed by atoms with Crippen molar-refractivity contribution in [1.29, 1.82) is 0 Å². The molecule has 3 nitrogen and oxygen atoms in total. The minimum absolute atomic E-state index is 0.102. The third-order valence-electron chi connectivity index (χ3n) is 3.19. The first-order valence-corrected chi connectivity index (χ1v) is 8.54. The van der Waals surface area contributed by atoms with E-state index in [0.29, 0.717) is 12.8 Å². The second kappa shape index (κ2) is 16.5. The number of hydrogen-bond acceptors (Lipinski definition) is 2. The molecule has 0 aliphatic rings. The molecule has 0 amide bonds. The molecule has 0 unspecified atom stereocenters. The Morgan fingerprint density at radius 1 is 0.870 bits per heavy atom. The molecule has 1 N–H and O–H groups in total. The lowest BCUT2D eigenvalue weighted by Crippen LogP contribution is -1.92. The predicted octanol–water partition coefficient (Wildman–Crippen LogP) is 5.40. The summed E-state index contributed by atoms with van der Waals surface area (Å²) >= 11 is 0. The Labute approximate surface area is 140 Å². The number of unbranched alkanes of at least 4 members (excludes halogenated alkanes) is 4. The summed E-state index contributed by atoms with van der Waals surface area (Å²) in [5.41, 5.74) is 0. The van der Waals surface area contributed by atoms with E-state index in [1.54, 1.807) is 6.08 Å². The van der Waals surface area contributed by atoms with Gasteiger partial charge in [-0.3, -0.25) is 9.59 Å². The summed E-state index contributed by atoms with van der Waals surface area (Å²) < 4.78 is 0. The predicted molar refractivity (Wildman–Crippen MR) is 96.4 cm³/mol. The number of carboxylic acid groups (broad SMARTS) is 1. The zero-order chi connectivity index (χ0) is 17.2. The van der Waals surface area contributed by atoms with Crippen LogP contribution >= 0.6 is 0 Å². The van der Waals surface area contributed by atoms with Gasteiger partial charge in [-0.25, -0.2) is 0 Å². The Morgan fingerprint density at radius 2 is 1.61 bits per heavy atom. The largest absolute Gasteiger partial charge is 0.481 e. The molecule has 0 heterocycles. The number of ketones is 1. The van der Waals surface area contributed by atoms with E-state index in [1.807, 2.05) is 36.5 Å². The highest BCUT2D eigenvalue weighted by Crippen LogP contribution is 2.00. The first-order chi connectivity index (χ1) is 11.2. The van der Waals surface area contributed by atoms with Gasteiger partial charge in [0.2, 0.25) is 0 Å². The van der Waals surface area contributed by atoms with E-state index in [4.69, 9.17) is 5.11 Å². The average molecular weight is 318 g/mol. The van der Waals surface area contributed by atoms with Gasteiger partial charge in [0.15, 0.2) is 5.78 Å². The number of allylic oxidation sites excluding steroid dienone is 8. The second-order valence-electron chi connectivity index (χ2n) is 5.42. The maximum absolute atomic E-state index is 11.6. The summed E-state index contributed by atoms with van der Waals surface area (Å²) in [6, 6.07) is 0. The summed E-state index contributed by atoms with van der Waals surface area (Å²) in [6.07, 6.45) is 22.9. The fraction of sp³-hybridized carbons (Fsp3) is 0.500. The number of rotatable bonds is 14. The fourth-order valence-electron chi connectivity index (χ4n) is 1.88. The summed E-state index contributed by atoms with van der Waals surface area (Å²) in [7, 11) is 0. The zero-order valence-electron chi connectivity index (χ0n) is 14.2. The molecule has 128 valence electrons. The van der Waals surface area contributed by atoms with Crippen LogP contribution in [-0.4, -0.2) is 16.9 Å². The molecule has 0 aromatic rings. The van der Waals surface area contributed by atoms with Crippen LogP contribution in [0.5, 0.6) is 0 Å². The van der Waals surface area contributed by atoms with Crippen molar-refractivity contribution in [1.82, 2.24) is 0 Å². The van der Waals surface area contributed by atoms with Crippen LogP contribution in [-0.2, 0) is 9.59 Å². The molecule has 0 spiro atoms. The number of carbonyl (C=O) groups is 2. The molecular formula is C20H30O3. The second-order valence-corrected chi connectivity index (χ2v) is 5.42. The minimum atomic E-state index is -0.749. The molecule has 0 fully saturated rings. The van der Waals surface area contributed by atoms with Crippen LogP contribution in [0.25, 0.3) is 0 Å². The van der Waals surface area contributed by atoms with E-state index in [2.05, 4.69) is 13.0 Å². The topological polar surface area (TPSA) is 54.4 Å². The maximum atomic E-state index is 11.6. The fourth-order valence-corrected chi connectivity index (χ4v) is 1.88. The standard InChI is InChI=1S/C20H30O3/c1-2-3-4-5-7-10-13-16-19(21)17-14-11-8-6-9-12-15-18-20(22)23/h6-7,9-11,13-14,16H,2-5,8,12,15,17-18H2,1H3,(H,22,23)/b9-6-,10-7-,14-11-,16-13+. The third-order valence-corrected chi connectivity index (χ3v) is 3.19. The molecule has 0 saturated heterocycles. The first-order valence-electron chi connectivity index (χ1n) is 8.54. The van der Waals surface area contributed by atoms with Crippen LogP contribution in [0.3, 0.4) is 0 Å². The number of carboxylic acids is 1. The third kappa shape index (κ3) is 18.1. The summed E-state index contributed by atoms with van der Waals surface area (Å²) in [5.74, 6) is -0.648. The van der Waals surface area contributed by atoms with Crippen molar-refractivity contribution >= 4 is 11.8 Å². The van der Waals surface area contributed by atoms with Gasteiger partial charge in [-0.2, -0.15) is 0 Å². The highest BCUT2D eigenvalue weighted by molar-refractivity contribution is 5.90. The SMILES string of the molecule is CCCCC/C=C\C=C\C(=O)C/C=C\C/C=C\CCCC(=O)O. The Kier molecular flexibility index (Phi) is 15.1. The van der Waals surface area contributed by atoms with Crippen LogP contribution in [0, 0.1) is 0 Å². The van der Waals surface area contributed by atoms with E-state index < -0.39 is 5.97 Å². The van der Waals surface area contributed by atoms with Gasteiger partial charge < -0.3 is 5.11 Å². The van der Waals surface area contributed by atoms with E-state index in [-0.39, 0.29) is 12.2 Å². The molecular weight excluding hydrogens is 288 g/mol. The van der Waals surface area contributed by atoms with Crippen LogP contribution in [0.15, 0.2) is 48.6 Å². The van der Waals surface area contributed by atoms with E-state index in [0.717, 1.165) is 19.3 Å². The van der Waals surface area contributed by atoms with Crippen molar-refractivity contribution in [3.05, 3.63) is 48.6 Å². The van der Waals surface area contributed by atoms with E-state index in [1.165, 1.54) is 19.3 Å². The smallest absolute Gasteiger partial charge is 0.303 e. The van der Waals surface area contributed by atoms with Gasteiger partial charge in [0.1, 0.15) is 0 Å². The van der Waals surface area contributed by atoms with Gasteiger partial charge in [-0.05, 0) is 38.2 Å². The molecule has 0 aliphatic carbocycles. The van der Waals surface area contributed by atoms with Crippen LogP contribution in [0.4, 0.5) is 0 Å². The van der Waals surface area contributed by atoms with Gasteiger partial charge in [0.25, 0.3) is 0 Å². The Morgan fingerprint density at radius 3 is 2.35 bits per heavy atom. The molecule has 0 aromatic heterocycles. The van der Waals surface area contributed by atoms with Gasteiger partial charge in [-0.1, -0.05) is 62.3 Å². The highest BCUT2D eigenvalue weighted by Gasteiger charge is 1.93. The molecule has 0 aromatic carbocycles. The first kappa shape index (κ1) is 21.1. The Hall–Kier alpha value is -1.90. The van der Waals surface area contributed by atoms with E-state index in [9.17, 15) is 9.59 Å². The summed E-state index contributed by atoms with van der Waals surface area (Å²) in [4.78, 5) is 21.9. The molecule has 0 saturated carbocycles. The molecule has 3 heteroatoms. The van der Waals surface area contributed by atoms with E-state index >= 15 is 0 Å². The average Bonchev–Trinajstić information content (AvgIpc) is 2.52. The van der Waals surface area contributed by atoms with Gasteiger partial charge in [0, 0.05) is 12.8 Å². The van der Waals surface area contributed by atoms with Gasteiger partial charge >= 0.3 is 5.97 Å². The quantitative estimate of drug-likeness (QED) is 0.202. The lowest BCUT2D eigenvalue weighted by atomic mass is 10.2. The molecule has 0 bridgehead atoms. The molecule has 0 atom stereocenters. The maximum Gasteiger partial charge on any atom is 0.303 e. The molecule has 0 rings (SSSR count). The van der Waals surface area contributed by atoms with Gasteiger partial charge in [-0.15, -0.1) is 0 Å². The molecule has 0 radical (unpaired) electrons. The van der Waals surface area contributed by atoms with Crippen molar-refractivity contribution < 1.29 is 14.7 Å². The normalized spacial score (nSPS) is 12.2. The van der Waals surface area contributed by atoms with Crippen LogP contribution in [0.2, 0.25) is 0 Å². The lowest BCUT2D eigenvalue weighted by molar-refractivity contribution is -0.137. The zero-order valence-corrected chi connectivity index (χ0v) is 14.2. The monoisotopic (exact) mass is 318 g/mol. The van der Waals surface area contributed by atoms with Crippen molar-refractivity contribution in [3.8, 4) is 0 Å². The van der Waals surface area contributed by atoms with Crippen molar-refractivity contribution in [2.24, 2.45) is 0 Å². The van der Waals surface area contributed by atoms with Crippen LogP contribution in [0.1, 0.15) is 64.7 Å². The Balaban J connectivity index is 3.64. The molecule has 23 heavy (non-hydrogen) atoms. The summed E-state index contributed by atoms with van der Waals surface area (Å²) in [5, 5.41) is 8.49. The molecule has 0 aliphatic heterocycles. The number of hydrogen-bond donors (Lipinski definition) is 1. The minimum Gasteiger partial charge on any atom is -0.481 e. The summed E-state index contributed by atoms with van der Waals surface area (Å²) in [6.45, 7) is 2.19. The van der Waals surface area contributed by atoms with Crippen molar-refractivity contribution in [2.75, 3.05) is 0 Å². The highest BCUT2D eigenvalue weighted by atomic mass is 16.4. The van der Waals surface area contributed by atoms with Crippen LogP contribution < -0.4 is 0 Å². The van der Waals surface area contributed by atoms with Crippen molar-refractivity contribution in [2.45, 2.75) is 64.7 Å². The number of aliphatic carboxylic acids is 1. The Bertz CT molecular complexity index is 428. The number of carbonyl (C=O) groups excluding carboxylic acids is 1. The lowest BCUT2D eigenvalue weighted by Gasteiger charge is -1.90. The van der Waals surface area contributed by atoms with Crippen molar-refractivity contribution in [3.63, 3.8) is 0 Å².